The van der Waals surface area contributed by atoms with Crippen molar-refractivity contribution in [3.63, 3.8) is 0 Å². The first-order valence-electron chi connectivity index (χ1n) is 16.1. The third-order valence-electron chi connectivity index (χ3n) is 9.30. The van der Waals surface area contributed by atoms with E-state index in [0.29, 0.717) is 19.3 Å². The van der Waals surface area contributed by atoms with Gasteiger partial charge in [-0.3, -0.25) is 19.2 Å². The Labute approximate surface area is 277 Å². The molecule has 8 atom stereocenters. The number of nitrogens with one attached hydrogen (secondary N) is 1. The van der Waals surface area contributed by atoms with E-state index >= 15 is 0 Å². The number of aliphatic hydroxyl groups is 1. The Morgan fingerprint density at radius 1 is 1.20 bits per heavy atom. The zero-order valence-corrected chi connectivity index (χ0v) is 29.9. The summed E-state index contributed by atoms with van der Waals surface area (Å²) in [6.45, 7) is 23.4. The minimum absolute atomic E-state index is 0.0965. The molecule has 1 unspecified atom stereocenters. The fourth-order valence-electron chi connectivity index (χ4n) is 7.80. The molecule has 0 aromatic carbocycles. The number of halogens is 1. The SMILES string of the molecule is C=CCCC(=O)NC[C@H](C)OC(=O)[C@H]1[C@@H]2O[C@@]3(CC2Br)[C@@H]1C(=O)N([C@@H](CO)C(C)C)[C@@H]3C(=O)N(CC=C)C(C)(C)CC(C)(C)C. The molecule has 0 saturated carbocycles. The van der Waals surface area contributed by atoms with E-state index in [1.54, 1.807) is 24.0 Å². The van der Waals surface area contributed by atoms with Crippen molar-refractivity contribution in [3.05, 3.63) is 25.3 Å². The summed E-state index contributed by atoms with van der Waals surface area (Å²) in [5.74, 6) is -3.55. The molecule has 3 saturated heterocycles. The second-order valence-electron chi connectivity index (χ2n) is 15.1. The largest absolute Gasteiger partial charge is 0.460 e. The van der Waals surface area contributed by atoms with Crippen LogP contribution in [-0.2, 0) is 28.7 Å². The number of esters is 1. The normalized spacial score (nSPS) is 28.9. The van der Waals surface area contributed by atoms with Gasteiger partial charge in [0.25, 0.3) is 0 Å². The van der Waals surface area contributed by atoms with Crippen LogP contribution in [0.15, 0.2) is 25.3 Å². The van der Waals surface area contributed by atoms with E-state index < -0.39 is 53.2 Å². The number of ether oxygens (including phenoxy) is 2. The molecule has 3 aliphatic heterocycles. The number of likely N-dealkylation sites (tertiary alicyclic amines) is 1. The third kappa shape index (κ3) is 7.51. The molecule has 254 valence electrons. The maximum absolute atomic E-state index is 14.9. The summed E-state index contributed by atoms with van der Waals surface area (Å²) in [5, 5.41) is 13.3. The average Bonchev–Trinajstić information content (AvgIpc) is 3.51. The minimum Gasteiger partial charge on any atom is -0.460 e. The van der Waals surface area contributed by atoms with Crippen LogP contribution in [0.2, 0.25) is 0 Å². The van der Waals surface area contributed by atoms with Crippen molar-refractivity contribution in [2.75, 3.05) is 19.7 Å². The summed E-state index contributed by atoms with van der Waals surface area (Å²) in [4.78, 5) is 58.3. The van der Waals surface area contributed by atoms with Crippen LogP contribution in [0.4, 0.5) is 0 Å². The Balaban J connectivity index is 2.02. The summed E-state index contributed by atoms with van der Waals surface area (Å²) in [6, 6.07) is -1.72. The van der Waals surface area contributed by atoms with Crippen molar-refractivity contribution in [3.8, 4) is 0 Å². The van der Waals surface area contributed by atoms with Crippen molar-refractivity contribution in [1.82, 2.24) is 15.1 Å². The lowest BCUT2D eigenvalue weighted by Gasteiger charge is -2.47. The number of allylic oxidation sites excluding steroid dienone is 1. The van der Waals surface area contributed by atoms with E-state index in [-0.39, 0.29) is 60.0 Å². The molecule has 0 aromatic heterocycles. The maximum Gasteiger partial charge on any atom is 0.312 e. The van der Waals surface area contributed by atoms with Gasteiger partial charge in [0.15, 0.2) is 0 Å². The van der Waals surface area contributed by atoms with Crippen LogP contribution < -0.4 is 5.32 Å². The zero-order valence-electron chi connectivity index (χ0n) is 28.3. The Kier molecular flexibility index (Phi) is 11.8. The number of amides is 3. The lowest BCUT2D eigenvalue weighted by molar-refractivity contribution is -0.161. The lowest BCUT2D eigenvalue weighted by atomic mass is 9.70. The van der Waals surface area contributed by atoms with Gasteiger partial charge in [-0.1, -0.05) is 62.7 Å². The van der Waals surface area contributed by atoms with Gasteiger partial charge in [-0.05, 0) is 51.4 Å². The maximum atomic E-state index is 14.9. The van der Waals surface area contributed by atoms with E-state index in [4.69, 9.17) is 9.47 Å². The van der Waals surface area contributed by atoms with Crippen LogP contribution in [0.5, 0.6) is 0 Å². The monoisotopic (exact) mass is 695 g/mol. The molecule has 3 heterocycles. The van der Waals surface area contributed by atoms with Gasteiger partial charge in [-0.25, -0.2) is 0 Å². The summed E-state index contributed by atoms with van der Waals surface area (Å²) in [6.07, 6.45) is 3.87. The molecular formula is C34H54BrN3O7. The number of rotatable bonds is 15. The summed E-state index contributed by atoms with van der Waals surface area (Å²) in [5.41, 5.74) is -1.99. The smallest absolute Gasteiger partial charge is 0.312 e. The lowest BCUT2D eigenvalue weighted by Crippen LogP contribution is -2.63. The summed E-state index contributed by atoms with van der Waals surface area (Å²) in [7, 11) is 0. The highest BCUT2D eigenvalue weighted by Crippen LogP contribution is 2.61. The van der Waals surface area contributed by atoms with Crippen LogP contribution in [0.1, 0.15) is 81.1 Å². The highest BCUT2D eigenvalue weighted by molar-refractivity contribution is 9.09. The number of fused-ring (bicyclic) bond motifs is 1. The molecule has 0 radical (unpaired) electrons. The van der Waals surface area contributed by atoms with Crippen LogP contribution >= 0.6 is 15.9 Å². The Hall–Kier alpha value is -2.24. The van der Waals surface area contributed by atoms with E-state index in [1.807, 2.05) is 27.7 Å². The van der Waals surface area contributed by atoms with Gasteiger partial charge in [0.2, 0.25) is 17.7 Å². The van der Waals surface area contributed by atoms with Crippen molar-refractivity contribution in [1.29, 1.82) is 0 Å². The highest BCUT2D eigenvalue weighted by Gasteiger charge is 2.78. The van der Waals surface area contributed by atoms with Gasteiger partial charge in [0.05, 0.1) is 37.1 Å². The molecule has 1 spiro atoms. The van der Waals surface area contributed by atoms with Gasteiger partial charge in [0.1, 0.15) is 17.7 Å². The van der Waals surface area contributed by atoms with Gasteiger partial charge in [0, 0.05) is 23.3 Å². The van der Waals surface area contributed by atoms with Crippen LogP contribution in [0.25, 0.3) is 0 Å². The number of hydrogen-bond acceptors (Lipinski definition) is 7. The number of aliphatic hydroxyl groups excluding tert-OH is 1. The molecule has 3 rings (SSSR count). The molecule has 45 heavy (non-hydrogen) atoms. The first-order chi connectivity index (χ1) is 20.9. The van der Waals surface area contributed by atoms with E-state index in [0.717, 1.165) is 0 Å². The summed E-state index contributed by atoms with van der Waals surface area (Å²) >= 11 is 3.70. The van der Waals surface area contributed by atoms with E-state index in [1.165, 1.54) is 4.90 Å². The highest BCUT2D eigenvalue weighted by atomic mass is 79.9. The van der Waals surface area contributed by atoms with Gasteiger partial charge in [-0.2, -0.15) is 0 Å². The standard InChI is InChI=1S/C34H54BrN3O7/c1-11-13-14-24(40)36-17-21(5)44-31(43)25-26-29(41)38(23(18-39)20(3)4)28(34(26)16-22(35)27(25)45-34)30(42)37(15-12-2)33(9,10)19-32(6,7)8/h11-12,20-23,25-28,39H,1-2,13-19H2,3-10H3,(H,36,40)/t21-,22?,23-,25+,26-,27+,28+,34-/m0/s1. The van der Waals surface area contributed by atoms with Crippen LogP contribution in [0.3, 0.4) is 0 Å². The molecule has 2 bridgehead atoms. The van der Waals surface area contributed by atoms with Gasteiger partial charge in [-0.15, -0.1) is 13.2 Å². The van der Waals surface area contributed by atoms with Crippen molar-refractivity contribution < 1.29 is 33.8 Å². The minimum atomic E-state index is -1.29. The topological polar surface area (TPSA) is 125 Å². The molecule has 2 N–H and O–H groups in total. The average molecular weight is 697 g/mol. The first kappa shape index (κ1) is 37.2. The summed E-state index contributed by atoms with van der Waals surface area (Å²) < 4.78 is 12.5. The molecule has 3 amide bonds. The predicted octanol–water partition coefficient (Wildman–Crippen LogP) is 3.99. The zero-order chi connectivity index (χ0) is 34.1. The quantitative estimate of drug-likeness (QED) is 0.151. The van der Waals surface area contributed by atoms with Gasteiger partial charge < -0.3 is 29.7 Å². The molecule has 11 heteroatoms. The van der Waals surface area contributed by atoms with Crippen LogP contribution in [-0.4, -0.2) is 98.6 Å². The fraction of sp³-hybridized carbons (Fsp3) is 0.765. The Bertz CT molecular complexity index is 1150. The molecule has 0 aliphatic carbocycles. The third-order valence-corrected chi connectivity index (χ3v) is 10.1. The second-order valence-corrected chi connectivity index (χ2v) is 16.2. The van der Waals surface area contributed by atoms with Crippen molar-refractivity contribution in [2.45, 2.75) is 121 Å². The number of carbonyl (C=O) groups is 4. The Morgan fingerprint density at radius 3 is 2.38 bits per heavy atom. The molecular weight excluding hydrogens is 642 g/mol. The number of hydrogen-bond donors (Lipinski definition) is 2. The van der Waals surface area contributed by atoms with E-state index in [9.17, 15) is 24.3 Å². The number of alkyl halides is 1. The molecule has 3 aliphatic rings. The molecule has 0 aromatic rings. The number of carbonyl (C=O) groups excluding carboxylic acids is 4. The Morgan fingerprint density at radius 2 is 1.84 bits per heavy atom. The van der Waals surface area contributed by atoms with E-state index in [2.05, 4.69) is 55.2 Å². The van der Waals surface area contributed by atoms with Crippen molar-refractivity contribution in [2.24, 2.45) is 23.2 Å². The second kappa shape index (κ2) is 14.3. The first-order valence-corrected chi connectivity index (χ1v) is 17.0. The molecule has 10 nitrogen and oxygen atoms in total. The number of nitrogens with zero attached hydrogens (tertiary/aromatic N) is 2. The fourth-order valence-corrected chi connectivity index (χ4v) is 8.74. The van der Waals surface area contributed by atoms with Crippen molar-refractivity contribution >= 4 is 39.6 Å². The van der Waals surface area contributed by atoms with Gasteiger partial charge >= 0.3 is 5.97 Å². The predicted molar refractivity (Wildman–Crippen MR) is 176 cm³/mol. The van der Waals surface area contributed by atoms with Crippen LogP contribution in [0, 0.1) is 23.2 Å². The molecule has 3 fully saturated rings.